The van der Waals surface area contributed by atoms with Gasteiger partial charge in [-0.1, -0.05) is 17.7 Å². The van der Waals surface area contributed by atoms with E-state index in [1.807, 2.05) is 0 Å². The maximum Gasteiger partial charge on any atom is 0.471 e. The van der Waals surface area contributed by atoms with Gasteiger partial charge in [0.25, 0.3) is 0 Å². The van der Waals surface area contributed by atoms with Gasteiger partial charge in [-0.2, -0.15) is 26.3 Å². The van der Waals surface area contributed by atoms with E-state index in [4.69, 9.17) is 11.6 Å². The number of amides is 1. The maximum atomic E-state index is 12.7. The molecule has 0 bridgehead atoms. The first-order valence-corrected chi connectivity index (χ1v) is 8.17. The zero-order chi connectivity index (χ0) is 20.7. The molecular weight excluding hydrogens is 414 g/mol. The van der Waals surface area contributed by atoms with Crippen LogP contribution >= 0.6 is 11.6 Å². The Balaban J connectivity index is 1.79. The van der Waals surface area contributed by atoms with Crippen molar-refractivity contribution in [1.82, 2.24) is 14.9 Å². The summed E-state index contributed by atoms with van der Waals surface area (Å²) in [5.41, 5.74) is 0.386. The van der Waals surface area contributed by atoms with Crippen molar-refractivity contribution in [1.29, 1.82) is 0 Å². The van der Waals surface area contributed by atoms with Crippen LogP contribution in [0.5, 0.6) is 0 Å². The number of carbonyl (C=O) groups excluding carboxylic acids is 1. The quantitative estimate of drug-likeness (QED) is 0.575. The molecule has 1 N–H and O–H groups in total. The number of carbonyl (C=O) groups is 1. The van der Waals surface area contributed by atoms with Crippen LogP contribution in [0.1, 0.15) is 16.7 Å². The second-order valence-electron chi connectivity index (χ2n) is 5.98. The van der Waals surface area contributed by atoms with Crippen LogP contribution in [0.25, 0.3) is 0 Å². The number of alkyl halides is 6. The molecule has 1 aromatic heterocycles. The fourth-order valence-corrected chi connectivity index (χ4v) is 2.96. The summed E-state index contributed by atoms with van der Waals surface area (Å²) >= 11 is 5.53. The second-order valence-corrected chi connectivity index (χ2v) is 6.34. The highest BCUT2D eigenvalue weighted by Gasteiger charge is 2.43. The average molecular weight is 425 g/mol. The fraction of sp³-hybridized carbons (Fsp3) is 0.312. The lowest BCUT2D eigenvalue weighted by Crippen LogP contribution is -2.43. The zero-order valence-corrected chi connectivity index (χ0v) is 14.6. The minimum absolute atomic E-state index is 0.0598. The van der Waals surface area contributed by atoms with Crippen molar-refractivity contribution in [2.24, 2.45) is 0 Å². The molecule has 2 aromatic rings. The molecule has 5 nitrogen and oxygen atoms in total. The fourth-order valence-electron chi connectivity index (χ4n) is 2.73. The molecule has 12 heteroatoms. The summed E-state index contributed by atoms with van der Waals surface area (Å²) in [5.74, 6) is -2.13. The van der Waals surface area contributed by atoms with Crippen molar-refractivity contribution < 1.29 is 31.1 Å². The first-order chi connectivity index (χ1) is 12.9. The molecule has 0 saturated carbocycles. The lowest BCUT2D eigenvalue weighted by atomic mass is 9.99. The summed E-state index contributed by atoms with van der Waals surface area (Å²) in [5, 5.41) is 1.86. The Labute approximate surface area is 159 Å². The lowest BCUT2D eigenvalue weighted by molar-refractivity contribution is -0.186. The first kappa shape index (κ1) is 20.2. The molecule has 0 saturated heterocycles. The largest absolute Gasteiger partial charge is 0.471 e. The summed E-state index contributed by atoms with van der Waals surface area (Å²) in [4.78, 5) is 19.2. The number of fused-ring (bicyclic) bond motifs is 1. The highest BCUT2D eigenvalue weighted by Crippen LogP contribution is 2.34. The van der Waals surface area contributed by atoms with Crippen LogP contribution in [-0.4, -0.2) is 33.5 Å². The van der Waals surface area contributed by atoms with Gasteiger partial charge in [0.05, 0.1) is 0 Å². The van der Waals surface area contributed by atoms with Gasteiger partial charge >= 0.3 is 18.3 Å². The maximum absolute atomic E-state index is 12.7. The number of nitrogens with one attached hydrogen (secondary N) is 1. The zero-order valence-electron chi connectivity index (χ0n) is 13.8. The molecule has 2 heterocycles. The summed E-state index contributed by atoms with van der Waals surface area (Å²) in [6.07, 6.45) is -8.88. The van der Waals surface area contributed by atoms with E-state index in [2.05, 4.69) is 15.3 Å². The van der Waals surface area contributed by atoms with Crippen molar-refractivity contribution in [3.05, 3.63) is 46.2 Å². The number of anilines is 2. The van der Waals surface area contributed by atoms with Crippen molar-refractivity contribution in [3.63, 3.8) is 0 Å². The van der Waals surface area contributed by atoms with Gasteiger partial charge in [-0.3, -0.25) is 4.79 Å². The predicted octanol–water partition coefficient (Wildman–Crippen LogP) is 4.34. The van der Waals surface area contributed by atoms with Crippen LogP contribution in [0.4, 0.5) is 38.0 Å². The molecule has 0 radical (unpaired) electrons. The van der Waals surface area contributed by atoms with Gasteiger partial charge < -0.3 is 10.2 Å². The molecule has 1 aliphatic heterocycles. The van der Waals surface area contributed by atoms with Crippen LogP contribution in [-0.2, 0) is 23.9 Å². The summed E-state index contributed by atoms with van der Waals surface area (Å²) in [6, 6.07) is 4.72. The topological polar surface area (TPSA) is 58.1 Å². The Morgan fingerprint density at radius 1 is 1.14 bits per heavy atom. The highest BCUT2D eigenvalue weighted by atomic mass is 35.5. The van der Waals surface area contributed by atoms with E-state index < -0.39 is 29.0 Å². The Morgan fingerprint density at radius 3 is 2.46 bits per heavy atom. The summed E-state index contributed by atoms with van der Waals surface area (Å²) in [6.45, 7) is -0.298. The van der Waals surface area contributed by atoms with Crippen LogP contribution in [0.15, 0.2) is 24.4 Å². The van der Waals surface area contributed by atoms with E-state index in [0.717, 1.165) is 5.56 Å². The molecule has 0 fully saturated rings. The van der Waals surface area contributed by atoms with E-state index in [1.165, 1.54) is 6.07 Å². The number of nitrogens with zero attached hydrogens (tertiary/aromatic N) is 3. The Kier molecular flexibility index (Phi) is 5.13. The standard InChI is InChI=1S/C16H11ClF6N4O/c17-12-11(15(18,19)20)6-24-14(26-12)25-10-2-1-8-3-4-27(7-9(8)5-10)13(28)16(21,22)23/h1-2,5-6H,3-4,7H2,(H,24,25,26). The second kappa shape index (κ2) is 7.12. The minimum Gasteiger partial charge on any atom is -0.330 e. The van der Waals surface area contributed by atoms with E-state index in [1.54, 1.807) is 12.1 Å². The number of hydrogen-bond donors (Lipinski definition) is 1. The van der Waals surface area contributed by atoms with Gasteiger partial charge in [-0.15, -0.1) is 0 Å². The molecule has 0 spiro atoms. The Hall–Kier alpha value is -2.56. The number of halogens is 7. The monoisotopic (exact) mass is 424 g/mol. The molecule has 28 heavy (non-hydrogen) atoms. The van der Waals surface area contributed by atoms with Gasteiger partial charge in [0.2, 0.25) is 5.95 Å². The van der Waals surface area contributed by atoms with Gasteiger partial charge in [0, 0.05) is 25.0 Å². The van der Waals surface area contributed by atoms with E-state index in [0.29, 0.717) is 22.3 Å². The van der Waals surface area contributed by atoms with Crippen molar-refractivity contribution in [2.45, 2.75) is 25.3 Å². The number of benzene rings is 1. The summed E-state index contributed by atoms with van der Waals surface area (Å²) < 4.78 is 75.9. The third-order valence-corrected chi connectivity index (χ3v) is 4.34. The molecule has 1 aromatic carbocycles. The van der Waals surface area contributed by atoms with Crippen molar-refractivity contribution >= 4 is 29.1 Å². The minimum atomic E-state index is -4.96. The number of aromatic nitrogens is 2. The Bertz CT molecular complexity index is 915. The normalized spacial score (nSPS) is 14.6. The number of hydrogen-bond acceptors (Lipinski definition) is 4. The highest BCUT2D eigenvalue weighted by molar-refractivity contribution is 6.30. The molecule has 0 atom stereocenters. The van der Waals surface area contributed by atoms with Gasteiger partial charge in [-0.05, 0) is 29.7 Å². The van der Waals surface area contributed by atoms with E-state index in [9.17, 15) is 31.1 Å². The van der Waals surface area contributed by atoms with Gasteiger partial charge in [-0.25, -0.2) is 9.97 Å². The molecule has 1 aliphatic rings. The van der Waals surface area contributed by atoms with Crippen molar-refractivity contribution in [2.75, 3.05) is 11.9 Å². The first-order valence-electron chi connectivity index (χ1n) is 7.80. The lowest BCUT2D eigenvalue weighted by Gasteiger charge is -2.29. The third kappa shape index (κ3) is 4.29. The molecule has 0 aliphatic carbocycles. The Morgan fingerprint density at radius 2 is 1.86 bits per heavy atom. The van der Waals surface area contributed by atoms with Crippen LogP contribution < -0.4 is 5.32 Å². The smallest absolute Gasteiger partial charge is 0.330 e. The van der Waals surface area contributed by atoms with E-state index >= 15 is 0 Å². The SMILES string of the molecule is O=C(N1CCc2ccc(Nc3ncc(C(F)(F)F)c(Cl)n3)cc2C1)C(F)(F)F. The van der Waals surface area contributed by atoms with E-state index in [-0.39, 0.29) is 25.5 Å². The average Bonchev–Trinajstić information content (AvgIpc) is 2.58. The van der Waals surface area contributed by atoms with Crippen LogP contribution in [0.2, 0.25) is 5.15 Å². The van der Waals surface area contributed by atoms with Gasteiger partial charge in [0.15, 0.2) is 0 Å². The summed E-state index contributed by atoms with van der Waals surface area (Å²) in [7, 11) is 0. The third-order valence-electron chi connectivity index (χ3n) is 4.05. The number of rotatable bonds is 2. The molecule has 0 unspecified atom stereocenters. The molecule has 1 amide bonds. The van der Waals surface area contributed by atoms with Crippen molar-refractivity contribution in [3.8, 4) is 0 Å². The molecular formula is C16H11ClF6N4O. The van der Waals surface area contributed by atoms with Crippen LogP contribution in [0, 0.1) is 0 Å². The van der Waals surface area contributed by atoms with Gasteiger partial charge in [0.1, 0.15) is 10.7 Å². The van der Waals surface area contributed by atoms with Crippen LogP contribution in [0.3, 0.4) is 0 Å². The molecule has 3 rings (SSSR count). The molecule has 150 valence electrons. The predicted molar refractivity (Wildman–Crippen MR) is 86.9 cm³/mol.